The molecule has 108 valence electrons. The normalized spacial score (nSPS) is 11.5. The number of para-hydroxylation sites is 1. The third kappa shape index (κ3) is 4.56. The molecule has 0 aliphatic heterocycles. The van der Waals surface area contributed by atoms with Crippen molar-refractivity contribution in [2.45, 2.75) is 13.0 Å². The van der Waals surface area contributed by atoms with Gasteiger partial charge in [-0.1, -0.05) is 18.2 Å². The van der Waals surface area contributed by atoms with E-state index in [1.54, 1.807) is 31.2 Å². The number of esters is 1. The first-order chi connectivity index (χ1) is 10.1. The third-order valence-electron chi connectivity index (χ3n) is 2.77. The largest absolute Gasteiger partial charge is 0.449 e. The second-order valence-electron chi connectivity index (χ2n) is 4.41. The van der Waals surface area contributed by atoms with Crippen molar-refractivity contribution in [1.29, 1.82) is 0 Å². The molecule has 4 nitrogen and oxygen atoms in total. The van der Waals surface area contributed by atoms with E-state index in [1.807, 2.05) is 30.3 Å². The Kier molecular flexibility index (Phi) is 5.32. The molecule has 2 aromatic rings. The molecule has 1 amide bonds. The summed E-state index contributed by atoms with van der Waals surface area (Å²) in [5.74, 6) is -0.873. The van der Waals surface area contributed by atoms with Crippen molar-refractivity contribution in [3.8, 4) is 0 Å². The van der Waals surface area contributed by atoms with Gasteiger partial charge < -0.3 is 10.1 Å². The maximum absolute atomic E-state index is 11.9. The molecule has 0 aliphatic carbocycles. The lowest BCUT2D eigenvalue weighted by Crippen LogP contribution is -2.29. The molecule has 0 aliphatic rings. The Morgan fingerprint density at radius 3 is 2.29 bits per heavy atom. The Morgan fingerprint density at radius 1 is 1.05 bits per heavy atom. The van der Waals surface area contributed by atoms with Gasteiger partial charge in [-0.15, -0.1) is 0 Å². The summed E-state index contributed by atoms with van der Waals surface area (Å²) >= 11 is 2.15. The van der Waals surface area contributed by atoms with Crippen LogP contribution in [0.15, 0.2) is 54.6 Å². The number of rotatable bonds is 4. The zero-order valence-corrected chi connectivity index (χ0v) is 13.5. The average Bonchev–Trinajstić information content (AvgIpc) is 2.48. The van der Waals surface area contributed by atoms with Crippen molar-refractivity contribution >= 4 is 40.2 Å². The van der Waals surface area contributed by atoms with E-state index in [1.165, 1.54) is 0 Å². The first kappa shape index (κ1) is 15.5. The number of hydrogen-bond donors (Lipinski definition) is 1. The van der Waals surface area contributed by atoms with Gasteiger partial charge in [0.1, 0.15) is 0 Å². The SMILES string of the molecule is CC(OC(=O)c1ccc(I)cc1)C(=O)Nc1ccccc1. The van der Waals surface area contributed by atoms with E-state index >= 15 is 0 Å². The van der Waals surface area contributed by atoms with Crippen molar-refractivity contribution in [2.24, 2.45) is 0 Å². The van der Waals surface area contributed by atoms with E-state index in [2.05, 4.69) is 27.9 Å². The molecule has 1 atom stereocenters. The fourth-order valence-corrected chi connectivity index (χ4v) is 1.99. The van der Waals surface area contributed by atoms with Gasteiger partial charge in [-0.2, -0.15) is 0 Å². The monoisotopic (exact) mass is 395 g/mol. The van der Waals surface area contributed by atoms with Gasteiger partial charge in [-0.3, -0.25) is 4.79 Å². The lowest BCUT2D eigenvalue weighted by atomic mass is 10.2. The highest BCUT2D eigenvalue weighted by atomic mass is 127. The van der Waals surface area contributed by atoms with Gasteiger partial charge >= 0.3 is 5.97 Å². The summed E-state index contributed by atoms with van der Waals surface area (Å²) in [7, 11) is 0. The minimum absolute atomic E-state index is 0.361. The van der Waals surface area contributed by atoms with Crippen molar-refractivity contribution in [1.82, 2.24) is 0 Å². The van der Waals surface area contributed by atoms with Gasteiger partial charge in [-0.05, 0) is 65.9 Å². The summed E-state index contributed by atoms with van der Waals surface area (Å²) < 4.78 is 6.18. The highest BCUT2D eigenvalue weighted by Crippen LogP contribution is 2.10. The maximum Gasteiger partial charge on any atom is 0.338 e. The standard InChI is InChI=1S/C16H14INO3/c1-11(15(19)18-14-5-3-2-4-6-14)21-16(20)12-7-9-13(17)10-8-12/h2-11H,1H3,(H,18,19). The molecule has 0 spiro atoms. The highest BCUT2D eigenvalue weighted by Gasteiger charge is 2.18. The Morgan fingerprint density at radius 2 is 1.67 bits per heavy atom. The molecule has 0 aromatic heterocycles. The van der Waals surface area contributed by atoms with Crippen LogP contribution >= 0.6 is 22.6 Å². The van der Waals surface area contributed by atoms with Crippen LogP contribution in [0.1, 0.15) is 17.3 Å². The van der Waals surface area contributed by atoms with Crippen LogP contribution in [0.25, 0.3) is 0 Å². The van der Waals surface area contributed by atoms with Crippen LogP contribution < -0.4 is 5.32 Å². The number of carbonyl (C=O) groups excluding carboxylic acids is 2. The number of amides is 1. The Labute approximate surface area is 136 Å². The molecular weight excluding hydrogens is 381 g/mol. The number of hydrogen-bond acceptors (Lipinski definition) is 3. The zero-order valence-electron chi connectivity index (χ0n) is 11.4. The molecular formula is C16H14INO3. The number of carbonyl (C=O) groups is 2. The fraction of sp³-hybridized carbons (Fsp3) is 0.125. The average molecular weight is 395 g/mol. The number of anilines is 1. The molecule has 0 saturated heterocycles. The van der Waals surface area contributed by atoms with Crippen LogP contribution in [0, 0.1) is 3.57 Å². The molecule has 1 unspecified atom stereocenters. The van der Waals surface area contributed by atoms with Gasteiger partial charge in [0.2, 0.25) is 0 Å². The van der Waals surface area contributed by atoms with E-state index in [0.29, 0.717) is 11.3 Å². The molecule has 0 radical (unpaired) electrons. The van der Waals surface area contributed by atoms with Crippen molar-refractivity contribution < 1.29 is 14.3 Å². The Bertz CT molecular complexity index is 626. The zero-order chi connectivity index (χ0) is 15.2. The lowest BCUT2D eigenvalue weighted by molar-refractivity contribution is -0.123. The first-order valence-corrected chi connectivity index (χ1v) is 7.46. The van der Waals surface area contributed by atoms with Crippen LogP contribution in [0.2, 0.25) is 0 Å². The first-order valence-electron chi connectivity index (χ1n) is 6.39. The minimum atomic E-state index is -0.864. The van der Waals surface area contributed by atoms with Crippen LogP contribution in [-0.4, -0.2) is 18.0 Å². The highest BCUT2D eigenvalue weighted by molar-refractivity contribution is 14.1. The van der Waals surface area contributed by atoms with Gasteiger partial charge in [-0.25, -0.2) is 4.79 Å². The third-order valence-corrected chi connectivity index (χ3v) is 3.49. The molecule has 1 N–H and O–H groups in total. The maximum atomic E-state index is 11.9. The van der Waals surface area contributed by atoms with Gasteiger partial charge in [0.05, 0.1) is 5.56 Å². The molecule has 0 bridgehead atoms. The minimum Gasteiger partial charge on any atom is -0.449 e. The van der Waals surface area contributed by atoms with E-state index < -0.39 is 12.1 Å². The predicted molar refractivity (Wildman–Crippen MR) is 89.1 cm³/mol. The number of benzene rings is 2. The van der Waals surface area contributed by atoms with E-state index in [-0.39, 0.29) is 5.91 Å². The van der Waals surface area contributed by atoms with Crippen LogP contribution in [-0.2, 0) is 9.53 Å². The molecule has 0 fully saturated rings. The molecule has 2 aromatic carbocycles. The molecule has 21 heavy (non-hydrogen) atoms. The van der Waals surface area contributed by atoms with Gasteiger partial charge in [0.15, 0.2) is 6.10 Å². The summed E-state index contributed by atoms with van der Waals surface area (Å²) in [6.45, 7) is 1.54. The van der Waals surface area contributed by atoms with Gasteiger partial charge in [0, 0.05) is 9.26 Å². The van der Waals surface area contributed by atoms with Crippen molar-refractivity contribution in [2.75, 3.05) is 5.32 Å². The summed E-state index contributed by atoms with van der Waals surface area (Å²) in [4.78, 5) is 23.9. The van der Waals surface area contributed by atoms with Crippen molar-refractivity contribution in [3.63, 3.8) is 0 Å². The van der Waals surface area contributed by atoms with E-state index in [9.17, 15) is 9.59 Å². The second kappa shape index (κ2) is 7.21. The number of nitrogens with one attached hydrogen (secondary N) is 1. The summed E-state index contributed by atoms with van der Waals surface area (Å²) in [5.41, 5.74) is 1.09. The molecule has 0 saturated carbocycles. The van der Waals surface area contributed by atoms with Crippen molar-refractivity contribution in [3.05, 3.63) is 63.7 Å². The predicted octanol–water partition coefficient (Wildman–Crippen LogP) is 3.48. The fourth-order valence-electron chi connectivity index (χ4n) is 1.63. The summed E-state index contributed by atoms with van der Waals surface area (Å²) in [5, 5.41) is 2.69. The van der Waals surface area contributed by atoms with Crippen LogP contribution in [0.3, 0.4) is 0 Å². The Balaban J connectivity index is 1.94. The summed E-state index contributed by atoms with van der Waals surface area (Å²) in [6, 6.07) is 16.0. The van der Waals surface area contributed by atoms with Crippen LogP contribution in [0.5, 0.6) is 0 Å². The van der Waals surface area contributed by atoms with Gasteiger partial charge in [0.25, 0.3) is 5.91 Å². The summed E-state index contributed by atoms with van der Waals surface area (Å²) in [6.07, 6.45) is -0.864. The Hall–Kier alpha value is -1.89. The molecule has 0 heterocycles. The lowest BCUT2D eigenvalue weighted by Gasteiger charge is -2.13. The number of halogens is 1. The van der Waals surface area contributed by atoms with E-state index in [4.69, 9.17) is 4.74 Å². The second-order valence-corrected chi connectivity index (χ2v) is 5.66. The molecule has 5 heteroatoms. The smallest absolute Gasteiger partial charge is 0.338 e. The van der Waals surface area contributed by atoms with Crippen LogP contribution in [0.4, 0.5) is 5.69 Å². The quantitative estimate of drug-likeness (QED) is 0.637. The van der Waals surface area contributed by atoms with E-state index in [0.717, 1.165) is 3.57 Å². The topological polar surface area (TPSA) is 55.4 Å². The number of ether oxygens (including phenoxy) is 1. The molecule has 2 rings (SSSR count).